The van der Waals surface area contributed by atoms with Gasteiger partial charge in [0, 0.05) is 42.6 Å². The van der Waals surface area contributed by atoms with Gasteiger partial charge in [-0.05, 0) is 47.5 Å². The molecule has 0 fully saturated rings. The summed E-state index contributed by atoms with van der Waals surface area (Å²) in [4.78, 5) is 19.0. The number of hydrogen-bond acceptors (Lipinski definition) is 5. The zero-order chi connectivity index (χ0) is 29.1. The second-order valence-electron chi connectivity index (χ2n) is 8.70. The molecule has 2 heterocycles. The Morgan fingerprint density at radius 1 is 0.929 bits per heavy atom. The number of aromatic nitrogens is 4. The van der Waals surface area contributed by atoms with Crippen LogP contribution < -0.4 is 5.73 Å². The van der Waals surface area contributed by atoms with Crippen LogP contribution in [-0.2, 0) is 25.4 Å². The fraction of sp³-hybridized carbons (Fsp3) is 0.231. The van der Waals surface area contributed by atoms with Gasteiger partial charge in [-0.25, -0.2) is 4.68 Å². The zero-order valence-corrected chi connectivity index (χ0v) is 23.8. The molecule has 2 aromatic carbocycles. The molecule has 0 saturated carbocycles. The molecule has 2 aromatic heterocycles. The molecule has 0 aliphatic rings. The van der Waals surface area contributed by atoms with Gasteiger partial charge in [0.1, 0.15) is 5.69 Å². The Morgan fingerprint density at radius 3 is 2.07 bits per heavy atom. The predicted octanol–water partition coefficient (Wildman–Crippen LogP) is 6.52. The van der Waals surface area contributed by atoms with E-state index in [1.54, 1.807) is 24.3 Å². The summed E-state index contributed by atoms with van der Waals surface area (Å²) in [6, 6.07) is 11.1. The van der Waals surface area contributed by atoms with Gasteiger partial charge in [-0.1, -0.05) is 35.0 Å². The maximum absolute atomic E-state index is 13.7. The van der Waals surface area contributed by atoms with Crippen LogP contribution in [0.2, 0.25) is 5.02 Å². The van der Waals surface area contributed by atoms with Crippen molar-refractivity contribution in [2.75, 3.05) is 13.1 Å². The molecule has 0 aliphatic heterocycles. The normalized spacial score (nSPS) is 11.4. The minimum Gasteiger partial charge on any atom is -0.332 e. The summed E-state index contributed by atoms with van der Waals surface area (Å²) in [6.07, 6.45) is -7.22. The molecule has 0 aliphatic carbocycles. The summed E-state index contributed by atoms with van der Waals surface area (Å²) in [5, 5.41) is 8.34. The molecule has 0 spiro atoms. The number of benzene rings is 2. The Bertz CT molecular complexity index is 1470. The van der Waals surface area contributed by atoms with E-state index in [2.05, 4.69) is 15.3 Å². The number of carbonyl (C=O) groups excluding carboxylic acids is 1. The lowest BCUT2D eigenvalue weighted by molar-refractivity contribution is -0.143. The van der Waals surface area contributed by atoms with Gasteiger partial charge < -0.3 is 10.6 Å². The molecule has 0 unspecified atom stereocenters. The monoisotopic (exact) mass is 654 g/mol. The molecule has 7 nitrogen and oxygen atoms in total. The van der Waals surface area contributed by atoms with Crippen molar-refractivity contribution in [3.8, 4) is 11.3 Å². The van der Waals surface area contributed by atoms with E-state index >= 15 is 0 Å². The fourth-order valence-corrected chi connectivity index (χ4v) is 4.23. The van der Waals surface area contributed by atoms with Crippen molar-refractivity contribution in [2.24, 2.45) is 5.73 Å². The van der Waals surface area contributed by atoms with E-state index < -0.39 is 35.9 Å². The summed E-state index contributed by atoms with van der Waals surface area (Å²) < 4.78 is 81.6. The molecule has 2 N–H and O–H groups in total. The molecular weight excluding hydrogens is 633 g/mol. The highest BCUT2D eigenvalue weighted by Crippen LogP contribution is 2.37. The number of hydrogen-bond donors (Lipinski definition) is 1. The maximum Gasteiger partial charge on any atom is 0.416 e. The van der Waals surface area contributed by atoms with Gasteiger partial charge >= 0.3 is 12.4 Å². The number of nitrogens with two attached hydrogens (primary N) is 1. The van der Waals surface area contributed by atoms with Crippen molar-refractivity contribution in [3.05, 3.63) is 100.0 Å². The van der Waals surface area contributed by atoms with E-state index in [1.165, 1.54) is 29.4 Å². The Morgan fingerprint density at radius 2 is 1.52 bits per heavy atom. The smallest absolute Gasteiger partial charge is 0.332 e. The van der Waals surface area contributed by atoms with Crippen LogP contribution in [0.15, 0.2) is 67.0 Å². The minimum atomic E-state index is -5.02. The lowest BCUT2D eigenvalue weighted by atomic mass is 10.0. The molecule has 16 heteroatoms. The van der Waals surface area contributed by atoms with Crippen LogP contribution in [0.1, 0.15) is 32.7 Å². The average molecular weight is 656 g/mol. The largest absolute Gasteiger partial charge is 0.416 e. The minimum absolute atomic E-state index is 0. The Kier molecular flexibility index (Phi) is 11.8. The van der Waals surface area contributed by atoms with E-state index in [-0.39, 0.29) is 67.5 Å². The third-order valence-corrected chi connectivity index (χ3v) is 6.25. The number of carbonyl (C=O) groups is 1. The summed E-state index contributed by atoms with van der Waals surface area (Å²) in [5.41, 5.74) is 3.38. The first-order chi connectivity index (χ1) is 18.9. The van der Waals surface area contributed by atoms with Gasteiger partial charge in [-0.3, -0.25) is 9.78 Å². The molecule has 1 amide bonds. The molecule has 0 saturated heterocycles. The van der Waals surface area contributed by atoms with E-state index in [1.807, 2.05) is 0 Å². The summed E-state index contributed by atoms with van der Waals surface area (Å²) in [7, 11) is 0. The van der Waals surface area contributed by atoms with Crippen LogP contribution in [-0.4, -0.2) is 43.9 Å². The number of pyridine rings is 1. The molecule has 42 heavy (non-hydrogen) atoms. The first-order valence-corrected chi connectivity index (χ1v) is 12.1. The van der Waals surface area contributed by atoms with Crippen molar-refractivity contribution >= 4 is 42.3 Å². The van der Waals surface area contributed by atoms with Crippen molar-refractivity contribution in [3.63, 3.8) is 0 Å². The maximum atomic E-state index is 13.7. The summed E-state index contributed by atoms with van der Waals surface area (Å²) in [6.45, 7) is -0.262. The highest BCUT2D eigenvalue weighted by atomic mass is 35.5. The summed E-state index contributed by atoms with van der Waals surface area (Å²) in [5.74, 6) is -0.608. The first kappa shape index (κ1) is 34.8. The van der Waals surface area contributed by atoms with Crippen LogP contribution in [0.25, 0.3) is 11.3 Å². The van der Waals surface area contributed by atoms with E-state index in [0.717, 1.165) is 4.68 Å². The quantitative estimate of drug-likeness (QED) is 0.218. The molecular formula is C26H23Cl3F6N6O. The fourth-order valence-electron chi connectivity index (χ4n) is 4.04. The van der Waals surface area contributed by atoms with Crippen molar-refractivity contribution < 1.29 is 31.1 Å². The third-order valence-electron chi connectivity index (χ3n) is 5.88. The van der Waals surface area contributed by atoms with Gasteiger partial charge in [-0.2, -0.15) is 26.3 Å². The highest BCUT2D eigenvalue weighted by Gasteiger charge is 2.37. The Hall–Kier alpha value is -3.39. The molecule has 0 atom stereocenters. The molecule has 4 rings (SSSR count). The van der Waals surface area contributed by atoms with Crippen molar-refractivity contribution in [1.82, 2.24) is 24.9 Å². The third kappa shape index (κ3) is 8.12. The van der Waals surface area contributed by atoms with E-state index in [9.17, 15) is 31.1 Å². The van der Waals surface area contributed by atoms with Gasteiger partial charge in [0.15, 0.2) is 5.69 Å². The first-order valence-electron chi connectivity index (χ1n) is 11.7. The van der Waals surface area contributed by atoms with Crippen molar-refractivity contribution in [1.29, 1.82) is 0 Å². The predicted molar refractivity (Wildman–Crippen MR) is 149 cm³/mol. The van der Waals surface area contributed by atoms with Crippen LogP contribution in [0, 0.1) is 0 Å². The van der Waals surface area contributed by atoms with Gasteiger partial charge in [0.2, 0.25) is 0 Å². The van der Waals surface area contributed by atoms with E-state index in [0.29, 0.717) is 28.3 Å². The average Bonchev–Trinajstić information content (AvgIpc) is 3.32. The number of alkyl halides is 6. The Balaban J connectivity index is 0.00000308. The zero-order valence-electron chi connectivity index (χ0n) is 21.4. The van der Waals surface area contributed by atoms with E-state index in [4.69, 9.17) is 17.3 Å². The van der Waals surface area contributed by atoms with Gasteiger partial charge in [0.05, 0.1) is 17.7 Å². The lowest BCUT2D eigenvalue weighted by Crippen LogP contribution is -2.35. The lowest BCUT2D eigenvalue weighted by Gasteiger charge is -2.22. The second kappa shape index (κ2) is 14.2. The van der Waals surface area contributed by atoms with Crippen LogP contribution in [0.4, 0.5) is 26.3 Å². The van der Waals surface area contributed by atoms with Crippen molar-refractivity contribution in [2.45, 2.75) is 25.4 Å². The van der Waals surface area contributed by atoms with Gasteiger partial charge in [0.25, 0.3) is 5.91 Å². The Labute approximate surface area is 253 Å². The topological polar surface area (TPSA) is 89.9 Å². The number of amides is 1. The summed E-state index contributed by atoms with van der Waals surface area (Å²) >= 11 is 6.26. The highest BCUT2D eigenvalue weighted by molar-refractivity contribution is 6.31. The van der Waals surface area contributed by atoms with Crippen LogP contribution in [0.3, 0.4) is 0 Å². The van der Waals surface area contributed by atoms with Gasteiger partial charge in [-0.15, -0.1) is 29.9 Å². The number of halogens is 9. The second-order valence-corrected chi connectivity index (χ2v) is 9.11. The molecule has 226 valence electrons. The van der Waals surface area contributed by atoms with Crippen LogP contribution >= 0.6 is 36.4 Å². The molecule has 4 aromatic rings. The SMILES string of the molecule is Cl.Cl.NCCN(Cc1ccccc1Cl)C(=O)c1nnn(Cc2cc(C(F)(F)F)cc(C(F)(F)F)c2)c1-c1ccncc1. The van der Waals surface area contributed by atoms with Crippen LogP contribution in [0.5, 0.6) is 0 Å². The number of nitrogens with zero attached hydrogens (tertiary/aromatic N) is 5. The molecule has 0 bridgehead atoms. The number of rotatable bonds is 8. The standard InChI is InChI=1S/C26H21ClF6N6O.2ClH/c27-21-4-2-1-3-18(21)15-38(10-7-34)24(40)22-23(17-5-8-35-9-6-17)39(37-36-22)14-16-11-19(25(28,29)30)13-20(12-16)26(31,32)33;;/h1-6,8-9,11-13H,7,10,14-15,34H2;2*1H. The molecule has 0 radical (unpaired) electrons.